The first-order valence-corrected chi connectivity index (χ1v) is 3.15. The Balaban J connectivity index is 2.75. The molecule has 1 heterocycles. The van der Waals surface area contributed by atoms with Crippen molar-refractivity contribution in [3.8, 4) is 0 Å². The number of hydrogen-bond donors (Lipinski definition) is 1. The van der Waals surface area contributed by atoms with Crippen LogP contribution in [0.1, 0.15) is 10.5 Å². The number of primary amides is 1. The summed E-state index contributed by atoms with van der Waals surface area (Å²) >= 11 is 0. The van der Waals surface area contributed by atoms with Gasteiger partial charge in [-0.1, -0.05) is 0 Å². The molecule has 0 saturated carbocycles. The molecule has 0 fully saturated rings. The Labute approximate surface area is 70.3 Å². The molecule has 72 valence electrons. The smallest absolute Gasteiger partial charge is 0.364 e. The molecule has 2 N–H and O–H groups in total. The molecule has 5 nitrogen and oxygen atoms in total. The molecule has 0 aliphatic rings. The zero-order valence-corrected chi connectivity index (χ0v) is 6.25. The first kappa shape index (κ1) is 9.49. The summed E-state index contributed by atoms with van der Waals surface area (Å²) in [5, 5.41) is 6.41. The van der Waals surface area contributed by atoms with E-state index in [1.807, 2.05) is 0 Å². The van der Waals surface area contributed by atoms with Crippen LogP contribution < -0.4 is 5.73 Å². The molecule has 0 saturated heterocycles. The van der Waals surface area contributed by atoms with Crippen LogP contribution in [0.4, 0.5) is 13.2 Å². The third kappa shape index (κ3) is 2.73. The lowest BCUT2D eigenvalue weighted by Crippen LogP contribution is -2.20. The molecule has 0 aliphatic heterocycles. The molecule has 0 unspecified atom stereocenters. The Morgan fingerprint density at radius 1 is 1.62 bits per heavy atom. The lowest BCUT2D eigenvalue weighted by Gasteiger charge is -2.03. The summed E-state index contributed by atoms with van der Waals surface area (Å²) in [7, 11) is 0. The molecule has 13 heavy (non-hydrogen) atoms. The van der Waals surface area contributed by atoms with E-state index in [2.05, 4.69) is 10.2 Å². The maximum Gasteiger partial charge on any atom is 0.409 e. The first-order valence-electron chi connectivity index (χ1n) is 3.15. The fourth-order valence-electron chi connectivity index (χ4n) is 0.647. The van der Waals surface area contributed by atoms with Crippen molar-refractivity contribution >= 4 is 5.91 Å². The van der Waals surface area contributed by atoms with Crippen LogP contribution in [0.2, 0.25) is 0 Å². The van der Waals surface area contributed by atoms with Gasteiger partial charge in [0.15, 0.2) is 12.2 Å². The number of nitrogens with two attached hydrogens (primary N) is 1. The van der Waals surface area contributed by atoms with E-state index in [4.69, 9.17) is 5.73 Å². The Morgan fingerprint density at radius 2 is 2.23 bits per heavy atom. The van der Waals surface area contributed by atoms with E-state index in [-0.39, 0.29) is 5.69 Å². The Kier molecular flexibility index (Phi) is 2.22. The third-order valence-electron chi connectivity index (χ3n) is 1.11. The van der Waals surface area contributed by atoms with Gasteiger partial charge in [0.2, 0.25) is 0 Å². The van der Waals surface area contributed by atoms with Gasteiger partial charge < -0.3 is 5.73 Å². The summed E-state index contributed by atoms with van der Waals surface area (Å²) in [6, 6.07) is 0. The highest BCUT2D eigenvalue weighted by Gasteiger charge is 2.29. The number of nitrogens with zero attached hydrogens (tertiary/aromatic N) is 3. The van der Waals surface area contributed by atoms with Crippen LogP contribution in [0, 0.1) is 0 Å². The van der Waals surface area contributed by atoms with Crippen LogP contribution >= 0.6 is 0 Å². The van der Waals surface area contributed by atoms with E-state index in [9.17, 15) is 18.0 Å². The zero-order valence-electron chi connectivity index (χ0n) is 6.25. The molecule has 1 rings (SSSR count). The highest BCUT2D eigenvalue weighted by molar-refractivity contribution is 5.90. The minimum atomic E-state index is -4.41. The molecule has 0 bridgehead atoms. The topological polar surface area (TPSA) is 73.8 Å². The second-order valence-electron chi connectivity index (χ2n) is 2.24. The molecule has 8 heteroatoms. The van der Waals surface area contributed by atoms with Crippen molar-refractivity contribution in [2.75, 3.05) is 0 Å². The van der Waals surface area contributed by atoms with Crippen molar-refractivity contribution in [2.24, 2.45) is 5.73 Å². The Bertz CT molecular complexity index is 318. The van der Waals surface area contributed by atoms with Gasteiger partial charge in [0, 0.05) is 0 Å². The summed E-state index contributed by atoms with van der Waals surface area (Å²) in [5.74, 6) is -0.909. The minimum absolute atomic E-state index is 0.288. The van der Waals surface area contributed by atoms with Gasteiger partial charge in [-0.2, -0.15) is 23.1 Å². The standard InChI is InChI=1S/C5H5F3N4O/c6-5(7,8)2-12-10-1-3(11-12)4(9)13/h1H,2H2,(H2,9,13). The van der Waals surface area contributed by atoms with Crippen LogP contribution in [0.15, 0.2) is 6.20 Å². The van der Waals surface area contributed by atoms with Crippen LogP contribution in [0.25, 0.3) is 0 Å². The quantitative estimate of drug-likeness (QED) is 0.716. The number of hydrogen-bond acceptors (Lipinski definition) is 3. The summed E-state index contributed by atoms with van der Waals surface area (Å²) in [6.07, 6.45) is -3.53. The molecule has 0 spiro atoms. The van der Waals surface area contributed by atoms with E-state index in [1.165, 1.54) is 0 Å². The summed E-state index contributed by atoms with van der Waals surface area (Å²) in [6.45, 7) is -1.33. The predicted octanol–water partition coefficient (Wildman–Crippen LogP) is -0.0607. The van der Waals surface area contributed by atoms with Crippen molar-refractivity contribution < 1.29 is 18.0 Å². The average molecular weight is 194 g/mol. The number of carbonyl (C=O) groups is 1. The maximum absolute atomic E-state index is 11.7. The summed E-state index contributed by atoms with van der Waals surface area (Å²) in [4.78, 5) is 10.8. The fourth-order valence-corrected chi connectivity index (χ4v) is 0.647. The van der Waals surface area contributed by atoms with Gasteiger partial charge >= 0.3 is 6.18 Å². The van der Waals surface area contributed by atoms with Crippen molar-refractivity contribution in [1.29, 1.82) is 0 Å². The Morgan fingerprint density at radius 3 is 2.62 bits per heavy atom. The van der Waals surface area contributed by atoms with Crippen molar-refractivity contribution in [1.82, 2.24) is 15.0 Å². The molecule has 1 amide bonds. The summed E-state index contributed by atoms with van der Waals surface area (Å²) in [5.41, 5.74) is 4.47. The molecule has 0 radical (unpaired) electrons. The minimum Gasteiger partial charge on any atom is -0.364 e. The fraction of sp³-hybridized carbons (Fsp3) is 0.400. The number of alkyl halides is 3. The predicted molar refractivity (Wildman–Crippen MR) is 34.6 cm³/mol. The van der Waals surface area contributed by atoms with Crippen molar-refractivity contribution in [2.45, 2.75) is 12.7 Å². The van der Waals surface area contributed by atoms with Gasteiger partial charge in [0.25, 0.3) is 5.91 Å². The average Bonchev–Trinajstić information content (AvgIpc) is 2.31. The second-order valence-corrected chi connectivity index (χ2v) is 2.24. The molecular weight excluding hydrogens is 189 g/mol. The van der Waals surface area contributed by atoms with Gasteiger partial charge in [0.05, 0.1) is 6.20 Å². The summed E-state index contributed by atoms with van der Waals surface area (Å²) < 4.78 is 35.2. The van der Waals surface area contributed by atoms with E-state index in [0.29, 0.717) is 4.80 Å². The lowest BCUT2D eigenvalue weighted by atomic mass is 10.5. The van der Waals surface area contributed by atoms with Crippen LogP contribution in [-0.2, 0) is 6.54 Å². The highest BCUT2D eigenvalue weighted by atomic mass is 19.4. The Hall–Kier alpha value is -1.60. The van der Waals surface area contributed by atoms with Gasteiger partial charge in [-0.3, -0.25) is 4.79 Å². The largest absolute Gasteiger partial charge is 0.409 e. The molecule has 0 atom stereocenters. The molecule has 1 aromatic heterocycles. The van der Waals surface area contributed by atoms with Gasteiger partial charge in [-0.15, -0.1) is 5.10 Å². The SMILES string of the molecule is NC(=O)c1cnn(CC(F)(F)F)n1. The van der Waals surface area contributed by atoms with Gasteiger partial charge in [-0.05, 0) is 0 Å². The number of halogens is 3. The highest BCUT2D eigenvalue weighted by Crippen LogP contribution is 2.15. The van der Waals surface area contributed by atoms with E-state index in [1.54, 1.807) is 0 Å². The number of aromatic nitrogens is 3. The normalized spacial score (nSPS) is 11.6. The van der Waals surface area contributed by atoms with Gasteiger partial charge in [0.1, 0.15) is 0 Å². The third-order valence-corrected chi connectivity index (χ3v) is 1.11. The van der Waals surface area contributed by atoms with Gasteiger partial charge in [-0.25, -0.2) is 0 Å². The first-order chi connectivity index (χ1) is 5.88. The zero-order chi connectivity index (χ0) is 10.1. The van der Waals surface area contributed by atoms with Crippen LogP contribution in [0.3, 0.4) is 0 Å². The monoisotopic (exact) mass is 194 g/mol. The lowest BCUT2D eigenvalue weighted by molar-refractivity contribution is -0.144. The maximum atomic E-state index is 11.7. The molecular formula is C5H5F3N4O. The second kappa shape index (κ2) is 3.04. The van der Waals surface area contributed by atoms with E-state index in [0.717, 1.165) is 6.20 Å². The van der Waals surface area contributed by atoms with Crippen molar-refractivity contribution in [3.63, 3.8) is 0 Å². The molecule has 0 aromatic carbocycles. The number of rotatable bonds is 2. The molecule has 1 aromatic rings. The van der Waals surface area contributed by atoms with Crippen LogP contribution in [0.5, 0.6) is 0 Å². The van der Waals surface area contributed by atoms with E-state index >= 15 is 0 Å². The molecule has 0 aliphatic carbocycles. The number of carbonyl (C=O) groups excluding carboxylic acids is 1. The number of amides is 1. The van der Waals surface area contributed by atoms with Crippen LogP contribution in [-0.4, -0.2) is 27.1 Å². The van der Waals surface area contributed by atoms with E-state index < -0.39 is 18.6 Å². The van der Waals surface area contributed by atoms with Crippen molar-refractivity contribution in [3.05, 3.63) is 11.9 Å².